The lowest BCUT2D eigenvalue weighted by Crippen LogP contribution is -2.31. The molecule has 12 heteroatoms. The number of hydrogen-bond donors (Lipinski definition) is 0. The van der Waals surface area contributed by atoms with Gasteiger partial charge < -0.3 is 13.7 Å². The fourth-order valence-electron chi connectivity index (χ4n) is 4.12. The lowest BCUT2D eigenvalue weighted by Gasteiger charge is -2.24. The van der Waals surface area contributed by atoms with Gasteiger partial charge >= 0.3 is 15.6 Å². The van der Waals surface area contributed by atoms with Gasteiger partial charge in [0.05, 0.1) is 23.1 Å². The molecule has 0 radical (unpaired) electrons. The Labute approximate surface area is 183 Å². The molecular weight excluding hydrogens is 459 g/mol. The molecule has 0 unspecified atom stereocenters. The van der Waals surface area contributed by atoms with E-state index >= 15 is 0 Å². The van der Waals surface area contributed by atoms with E-state index in [1.165, 1.54) is 6.07 Å². The van der Waals surface area contributed by atoms with Gasteiger partial charge in [0.2, 0.25) is 0 Å². The van der Waals surface area contributed by atoms with Crippen LogP contribution in [0.2, 0.25) is 5.02 Å². The summed E-state index contributed by atoms with van der Waals surface area (Å²) in [5.74, 6) is -1.55. The molecule has 2 bridgehead atoms. The maximum atomic E-state index is 13.3. The number of benzene rings is 2. The Kier molecular flexibility index (Phi) is 3.46. The van der Waals surface area contributed by atoms with E-state index in [0.717, 1.165) is 12.1 Å². The van der Waals surface area contributed by atoms with Crippen LogP contribution in [0, 0.1) is 0 Å². The van der Waals surface area contributed by atoms with Crippen LogP contribution in [0.5, 0.6) is 5.75 Å². The molecule has 3 aromatic rings. The van der Waals surface area contributed by atoms with Gasteiger partial charge in [-0.15, -0.1) is 0 Å². The minimum atomic E-state index is -6.07. The first-order valence-electron chi connectivity index (χ1n) is 10.4. The molecule has 3 heterocycles. The lowest BCUT2D eigenvalue weighted by molar-refractivity contribution is -0.0500. The van der Waals surface area contributed by atoms with Crippen molar-refractivity contribution >= 4 is 38.7 Å². The fraction of sp³-hybridized carbons (Fsp3) is 0.263. The Bertz CT molecular complexity index is 1470. The molecule has 0 aliphatic carbocycles. The van der Waals surface area contributed by atoms with Gasteiger partial charge in [0.15, 0.2) is 0 Å². The molecule has 2 atom stereocenters. The van der Waals surface area contributed by atoms with E-state index in [9.17, 15) is 26.4 Å². The summed E-state index contributed by atoms with van der Waals surface area (Å²) in [4.78, 5) is 18.4. The molecule has 1 aromatic heterocycles. The fourth-order valence-corrected chi connectivity index (χ4v) is 4.76. The number of nitrogens with zero attached hydrogens (tertiary/aromatic N) is 3. The Hall–Kier alpha value is -2.79. The van der Waals surface area contributed by atoms with Crippen molar-refractivity contribution in [1.29, 1.82) is 0 Å². The molecule has 2 aliphatic rings. The van der Waals surface area contributed by atoms with Crippen LogP contribution in [0.3, 0.4) is 0 Å². The maximum absolute atomic E-state index is 13.3. The summed E-state index contributed by atoms with van der Waals surface area (Å²) in [7, 11) is -6.07. The van der Waals surface area contributed by atoms with Crippen molar-refractivity contribution in [1.82, 2.24) is 14.5 Å². The molecule has 0 saturated carbocycles. The smallest absolute Gasteiger partial charge is 0.376 e. The number of fused-ring (bicyclic) bond motifs is 9. The minimum Gasteiger partial charge on any atom is -0.376 e. The number of carbonyl (C=O) groups excluding carboxylic acids is 1. The van der Waals surface area contributed by atoms with Crippen LogP contribution in [-0.2, 0) is 10.1 Å². The van der Waals surface area contributed by atoms with Crippen molar-refractivity contribution in [2.45, 2.75) is 24.0 Å². The van der Waals surface area contributed by atoms with Gasteiger partial charge in [-0.1, -0.05) is 17.7 Å². The lowest BCUT2D eigenvalue weighted by atomic mass is 9.98. The first-order valence-corrected chi connectivity index (χ1v) is 10.6. The van der Waals surface area contributed by atoms with Crippen LogP contribution in [0.15, 0.2) is 36.4 Å². The predicted molar refractivity (Wildman–Crippen MR) is 104 cm³/mol. The van der Waals surface area contributed by atoms with Crippen LogP contribution in [0.1, 0.15) is 44.4 Å². The van der Waals surface area contributed by atoms with Gasteiger partial charge in [0, 0.05) is 33.7 Å². The summed E-state index contributed by atoms with van der Waals surface area (Å²) in [6.45, 7) is -2.92. The second-order valence-corrected chi connectivity index (χ2v) is 9.09. The van der Waals surface area contributed by atoms with Gasteiger partial charge in [-0.3, -0.25) is 4.79 Å². The third-order valence-corrected chi connectivity index (χ3v) is 6.58. The summed E-state index contributed by atoms with van der Waals surface area (Å²) >= 11 is 6.12. The van der Waals surface area contributed by atoms with E-state index in [2.05, 4.69) is 9.17 Å². The number of halogens is 4. The van der Waals surface area contributed by atoms with E-state index < -0.39 is 46.3 Å². The molecule has 31 heavy (non-hydrogen) atoms. The summed E-state index contributed by atoms with van der Waals surface area (Å²) in [5.41, 5.74) is -5.33. The van der Waals surface area contributed by atoms with E-state index in [4.69, 9.17) is 15.7 Å². The maximum Gasteiger partial charge on any atom is 0.534 e. The molecule has 162 valence electrons. The van der Waals surface area contributed by atoms with Crippen LogP contribution in [0.25, 0.3) is 11.0 Å². The van der Waals surface area contributed by atoms with Gasteiger partial charge in [0.25, 0.3) is 5.91 Å². The molecule has 1 amide bonds. The molecule has 0 saturated heterocycles. The molecule has 0 spiro atoms. The number of rotatable bonds is 2. The summed E-state index contributed by atoms with van der Waals surface area (Å²) in [6, 6.07) is 6.00. The molecule has 0 fully saturated rings. The highest BCUT2D eigenvalue weighted by molar-refractivity contribution is 7.88. The van der Waals surface area contributed by atoms with Gasteiger partial charge in [-0.05, 0) is 30.3 Å². The van der Waals surface area contributed by atoms with Crippen molar-refractivity contribution in [3.63, 3.8) is 0 Å². The summed E-state index contributed by atoms with van der Waals surface area (Å²) in [6.07, 6.45) is -0.0750. The van der Waals surface area contributed by atoms with E-state index in [1.54, 1.807) is 22.8 Å². The van der Waals surface area contributed by atoms with Gasteiger partial charge in [-0.2, -0.15) is 21.6 Å². The van der Waals surface area contributed by atoms with Crippen molar-refractivity contribution in [3.8, 4) is 5.75 Å². The predicted octanol–water partition coefficient (Wildman–Crippen LogP) is 4.04. The Morgan fingerprint density at radius 2 is 2.03 bits per heavy atom. The Balaban J connectivity index is 1.82. The SMILES string of the molecule is [2H]C([2H])([2H])N1C(=O)c2cccc(OS(=O)(=O)C(F)(F)F)c2[C@H]2C[C@@H]1c1nc3ccc(Cl)cc3n12. The van der Waals surface area contributed by atoms with Crippen molar-refractivity contribution in [2.24, 2.45) is 0 Å². The normalized spacial score (nSPS) is 22.4. The second kappa shape index (κ2) is 6.36. The second-order valence-electron chi connectivity index (χ2n) is 7.12. The number of imidazole rings is 1. The molecule has 7 nitrogen and oxygen atoms in total. The third-order valence-electron chi connectivity index (χ3n) is 5.38. The Morgan fingerprint density at radius 3 is 2.74 bits per heavy atom. The first kappa shape index (κ1) is 16.8. The Morgan fingerprint density at radius 1 is 1.26 bits per heavy atom. The molecule has 0 N–H and O–H groups in total. The highest BCUT2D eigenvalue weighted by atomic mass is 35.5. The monoisotopic (exact) mass is 474 g/mol. The zero-order valence-corrected chi connectivity index (χ0v) is 16.8. The number of amides is 1. The largest absolute Gasteiger partial charge is 0.534 e. The zero-order chi connectivity index (χ0) is 24.8. The van der Waals surface area contributed by atoms with E-state index in [-0.39, 0.29) is 23.4 Å². The van der Waals surface area contributed by atoms with Gasteiger partial charge in [-0.25, -0.2) is 4.98 Å². The van der Waals surface area contributed by atoms with Crippen LogP contribution in [0.4, 0.5) is 13.2 Å². The number of alkyl halides is 3. The molecular formula is C19H13ClF3N3O4S. The van der Waals surface area contributed by atoms with Crippen molar-refractivity contribution in [3.05, 3.63) is 58.4 Å². The van der Waals surface area contributed by atoms with Crippen LogP contribution >= 0.6 is 11.6 Å². The first-order chi connectivity index (χ1) is 15.7. The van der Waals surface area contributed by atoms with E-state index in [1.807, 2.05) is 0 Å². The van der Waals surface area contributed by atoms with Crippen LogP contribution in [-0.4, -0.2) is 41.3 Å². The van der Waals surface area contributed by atoms with Crippen molar-refractivity contribution < 1.29 is 34.7 Å². The topological polar surface area (TPSA) is 81.5 Å². The summed E-state index contributed by atoms with van der Waals surface area (Å²) in [5, 5.41) is 0.322. The van der Waals surface area contributed by atoms with Crippen molar-refractivity contribution in [2.75, 3.05) is 6.98 Å². The molecule has 2 aromatic carbocycles. The number of aromatic nitrogens is 2. The molecule has 2 aliphatic heterocycles. The minimum absolute atomic E-state index is 0.0750. The average Bonchev–Trinajstić information content (AvgIpc) is 3.19. The van der Waals surface area contributed by atoms with E-state index in [0.29, 0.717) is 21.0 Å². The standard InChI is InChI=1S/C19H13ClF3N3O4S/c1-25-14-8-13(26-12-7-9(20)5-6-11(12)24-17(14)26)16-10(18(25)27)3-2-4-15(16)30-31(28,29)19(21,22)23/h2-7,13-14H,8H2,1H3/t13-,14-/m1/s1/i1D3. The highest BCUT2D eigenvalue weighted by Crippen LogP contribution is 2.50. The number of hydrogen-bond acceptors (Lipinski definition) is 5. The molecule has 5 rings (SSSR count). The van der Waals surface area contributed by atoms with Gasteiger partial charge in [0.1, 0.15) is 11.6 Å². The van der Waals surface area contributed by atoms with Crippen LogP contribution < -0.4 is 4.18 Å². The highest BCUT2D eigenvalue weighted by Gasteiger charge is 2.50. The quantitative estimate of drug-likeness (QED) is 0.413. The third kappa shape index (κ3) is 2.83. The zero-order valence-electron chi connectivity index (χ0n) is 18.2. The average molecular weight is 475 g/mol. The number of carbonyl (C=O) groups is 1. The summed E-state index contributed by atoms with van der Waals surface area (Å²) < 4.78 is 92.6.